The first-order valence-corrected chi connectivity index (χ1v) is 10.4. The van der Waals surface area contributed by atoms with Gasteiger partial charge in [0.15, 0.2) is 5.83 Å². The van der Waals surface area contributed by atoms with E-state index in [1.807, 2.05) is 0 Å². The first-order chi connectivity index (χ1) is 15.7. The first kappa shape index (κ1) is 24.5. The van der Waals surface area contributed by atoms with Crippen LogP contribution >= 0.6 is 23.2 Å². The van der Waals surface area contributed by atoms with Gasteiger partial charge in [-0.25, -0.2) is 14.4 Å². The number of rotatable bonds is 8. The number of hydrogen-bond acceptors (Lipinski definition) is 7. The van der Waals surface area contributed by atoms with Crippen LogP contribution in [0.2, 0.25) is 10.0 Å². The minimum Gasteiger partial charge on any atom is -0.495 e. The number of nitrogens with one attached hydrogen (secondary N) is 2. The molecule has 0 unspecified atom stereocenters. The normalized spacial score (nSPS) is 11.6. The van der Waals surface area contributed by atoms with Gasteiger partial charge in [0.25, 0.3) is 5.91 Å². The largest absolute Gasteiger partial charge is 0.495 e. The number of halogens is 3. The fourth-order valence-corrected chi connectivity index (χ4v) is 3.40. The van der Waals surface area contributed by atoms with Crippen molar-refractivity contribution in [3.63, 3.8) is 0 Å². The maximum Gasteiger partial charge on any atom is 0.284 e. The second-order valence-electron chi connectivity index (χ2n) is 7.15. The quantitative estimate of drug-likeness (QED) is 0.424. The molecule has 1 amide bonds. The number of aromatic nitrogens is 2. The second kappa shape index (κ2) is 10.7. The third-order valence-electron chi connectivity index (χ3n) is 4.55. The molecule has 0 bridgehead atoms. The molecule has 174 valence electrons. The zero-order valence-electron chi connectivity index (χ0n) is 18.4. The summed E-state index contributed by atoms with van der Waals surface area (Å²) in [5.41, 5.74) is 1.28. The third kappa shape index (κ3) is 5.81. The van der Waals surface area contributed by atoms with E-state index in [-0.39, 0.29) is 12.2 Å². The highest BCUT2D eigenvalue weighted by molar-refractivity contribution is 6.37. The molecule has 33 heavy (non-hydrogen) atoms. The molecule has 2 N–H and O–H groups in total. The summed E-state index contributed by atoms with van der Waals surface area (Å²) < 4.78 is 24.8. The number of nitrogens with zero attached hydrogens (tertiary/aromatic N) is 3. The number of likely N-dealkylation sites (N-methyl/N-ethyl adjacent to an activating group) is 1. The number of amides is 1. The molecule has 0 radical (unpaired) electrons. The van der Waals surface area contributed by atoms with Gasteiger partial charge < -0.3 is 25.0 Å². The van der Waals surface area contributed by atoms with E-state index >= 15 is 0 Å². The Kier molecular flexibility index (Phi) is 7.91. The Morgan fingerprint density at radius 1 is 1.06 bits per heavy atom. The third-order valence-corrected chi connectivity index (χ3v) is 5.16. The van der Waals surface area contributed by atoms with E-state index in [1.54, 1.807) is 43.3 Å². The Morgan fingerprint density at radius 3 is 2.45 bits per heavy atom. The lowest BCUT2D eigenvalue weighted by molar-refractivity contribution is -0.114. The molecule has 2 aromatic carbocycles. The molecule has 0 spiro atoms. The summed E-state index contributed by atoms with van der Waals surface area (Å²) >= 11 is 12.4. The molecule has 0 saturated carbocycles. The summed E-state index contributed by atoms with van der Waals surface area (Å²) in [6.07, 6.45) is 2.56. The summed E-state index contributed by atoms with van der Waals surface area (Å²) in [6, 6.07) is 6.39. The smallest absolute Gasteiger partial charge is 0.284 e. The lowest BCUT2D eigenvalue weighted by atomic mass is 10.1. The highest BCUT2D eigenvalue weighted by atomic mass is 35.5. The van der Waals surface area contributed by atoms with E-state index < -0.39 is 11.7 Å². The first-order valence-electron chi connectivity index (χ1n) is 9.68. The molecule has 3 rings (SSSR count). The highest BCUT2D eigenvalue weighted by Gasteiger charge is 2.16. The Morgan fingerprint density at radius 2 is 1.79 bits per heavy atom. The van der Waals surface area contributed by atoms with E-state index in [2.05, 4.69) is 20.6 Å². The Labute approximate surface area is 200 Å². The van der Waals surface area contributed by atoms with E-state index in [0.717, 1.165) is 0 Å². The van der Waals surface area contributed by atoms with Gasteiger partial charge in [0.2, 0.25) is 0 Å². The van der Waals surface area contributed by atoms with Crippen LogP contribution in [0.25, 0.3) is 10.9 Å². The molecule has 11 heteroatoms. The topological polar surface area (TPSA) is 88.6 Å². The number of ether oxygens (including phenoxy) is 2. The molecule has 0 fully saturated rings. The maximum absolute atomic E-state index is 14.2. The zero-order chi connectivity index (χ0) is 24.1. The summed E-state index contributed by atoms with van der Waals surface area (Å²) in [6.45, 7) is 0.279. The molecule has 0 aliphatic rings. The fraction of sp³-hybridized carbons (Fsp3) is 0.227. The predicted octanol–water partition coefficient (Wildman–Crippen LogP) is 5.05. The van der Waals surface area contributed by atoms with Crippen LogP contribution in [-0.4, -0.2) is 55.6 Å². The number of methoxy groups -OCH3 is 2. The summed E-state index contributed by atoms with van der Waals surface area (Å²) in [7, 11) is 6.47. The van der Waals surface area contributed by atoms with Gasteiger partial charge >= 0.3 is 0 Å². The number of anilines is 3. The molecule has 0 aliphatic carbocycles. The summed E-state index contributed by atoms with van der Waals surface area (Å²) in [5, 5.41) is 6.91. The summed E-state index contributed by atoms with van der Waals surface area (Å²) in [5.74, 6) is -0.670. The van der Waals surface area contributed by atoms with Crippen LogP contribution < -0.4 is 20.1 Å². The highest BCUT2D eigenvalue weighted by Crippen LogP contribution is 2.38. The summed E-state index contributed by atoms with van der Waals surface area (Å²) in [4.78, 5) is 22.6. The Balaban J connectivity index is 2.00. The number of carbonyl (C=O) groups excluding carboxylic acids is 1. The van der Waals surface area contributed by atoms with Gasteiger partial charge in [-0.15, -0.1) is 0 Å². The standard InChI is InChI=1S/C22H22Cl2FN5O3/c1-30(2)6-5-15(25)22(31)29-18-7-12-16(9-20(18)33-4)26-11-27-21(12)28-17-10-19(32-3)14(24)8-13(17)23/h5,7-11H,6H2,1-4H3,(H,29,31)(H,26,27,28)/b15-5-. The monoisotopic (exact) mass is 493 g/mol. The molecule has 3 aromatic rings. The molecule has 0 saturated heterocycles. The van der Waals surface area contributed by atoms with E-state index in [0.29, 0.717) is 44.0 Å². The number of benzene rings is 2. The van der Waals surface area contributed by atoms with Crippen molar-refractivity contribution >= 4 is 57.2 Å². The van der Waals surface area contributed by atoms with Crippen molar-refractivity contribution in [2.75, 3.05) is 45.5 Å². The zero-order valence-corrected chi connectivity index (χ0v) is 19.9. The van der Waals surface area contributed by atoms with Crippen LogP contribution in [0, 0.1) is 0 Å². The van der Waals surface area contributed by atoms with E-state index in [1.165, 1.54) is 26.6 Å². The molecule has 1 aromatic heterocycles. The average Bonchev–Trinajstić information content (AvgIpc) is 2.78. The van der Waals surface area contributed by atoms with Crippen molar-refractivity contribution in [3.05, 3.63) is 52.5 Å². The Hall–Kier alpha value is -3.14. The number of carbonyl (C=O) groups is 1. The van der Waals surface area contributed by atoms with Crippen LogP contribution in [-0.2, 0) is 4.79 Å². The van der Waals surface area contributed by atoms with Crippen LogP contribution in [0.4, 0.5) is 21.6 Å². The van der Waals surface area contributed by atoms with Crippen molar-refractivity contribution < 1.29 is 18.7 Å². The molecule has 1 heterocycles. The maximum atomic E-state index is 14.2. The second-order valence-corrected chi connectivity index (χ2v) is 7.97. The van der Waals surface area contributed by atoms with Crippen molar-refractivity contribution in [1.29, 1.82) is 0 Å². The lowest BCUT2D eigenvalue weighted by Gasteiger charge is -2.15. The van der Waals surface area contributed by atoms with Crippen LogP contribution in [0.5, 0.6) is 11.5 Å². The van der Waals surface area contributed by atoms with Crippen LogP contribution in [0.15, 0.2) is 42.5 Å². The minimum atomic E-state index is -0.909. The van der Waals surface area contributed by atoms with Crippen molar-refractivity contribution in [3.8, 4) is 11.5 Å². The SMILES string of the molecule is COc1cc(Nc2ncnc3cc(OC)c(NC(=O)/C(F)=C/CN(C)C)cc23)c(Cl)cc1Cl. The van der Waals surface area contributed by atoms with Crippen molar-refractivity contribution in [2.24, 2.45) is 0 Å². The number of fused-ring (bicyclic) bond motifs is 1. The van der Waals surface area contributed by atoms with Crippen LogP contribution in [0.1, 0.15) is 0 Å². The van der Waals surface area contributed by atoms with Gasteiger partial charge in [0.1, 0.15) is 23.6 Å². The van der Waals surface area contributed by atoms with E-state index in [9.17, 15) is 9.18 Å². The van der Waals surface area contributed by atoms with E-state index in [4.69, 9.17) is 32.7 Å². The Bertz CT molecular complexity index is 1220. The van der Waals surface area contributed by atoms with Gasteiger partial charge in [-0.05, 0) is 32.3 Å². The number of hydrogen-bond donors (Lipinski definition) is 2. The fourth-order valence-electron chi connectivity index (χ4n) is 2.90. The van der Waals surface area contributed by atoms with Gasteiger partial charge in [0.05, 0.1) is 41.2 Å². The molecule has 8 nitrogen and oxygen atoms in total. The average molecular weight is 494 g/mol. The van der Waals surface area contributed by atoms with Crippen molar-refractivity contribution in [2.45, 2.75) is 0 Å². The van der Waals surface area contributed by atoms with Gasteiger partial charge in [-0.2, -0.15) is 0 Å². The van der Waals surface area contributed by atoms with Crippen LogP contribution in [0.3, 0.4) is 0 Å². The molecular weight excluding hydrogens is 472 g/mol. The lowest BCUT2D eigenvalue weighted by Crippen LogP contribution is -2.16. The van der Waals surface area contributed by atoms with Crippen molar-refractivity contribution in [1.82, 2.24) is 14.9 Å². The molecular formula is C22H22Cl2FN5O3. The minimum absolute atomic E-state index is 0.251. The molecule has 0 aliphatic heterocycles. The van der Waals surface area contributed by atoms with Gasteiger partial charge in [0, 0.05) is 24.1 Å². The predicted molar refractivity (Wildman–Crippen MR) is 129 cm³/mol. The van der Waals surface area contributed by atoms with Gasteiger partial charge in [-0.1, -0.05) is 23.2 Å². The van der Waals surface area contributed by atoms with Gasteiger partial charge in [-0.3, -0.25) is 4.79 Å². The molecule has 0 atom stereocenters.